The van der Waals surface area contributed by atoms with Crippen LogP contribution in [0.4, 0.5) is 11.5 Å². The Balaban J connectivity index is 1.89. The number of aromatic nitrogens is 3. The molecule has 2 aromatic carbocycles. The second kappa shape index (κ2) is 6.94. The molecule has 0 saturated carbocycles. The molecule has 0 spiro atoms. The Labute approximate surface area is 148 Å². The molecule has 0 bridgehead atoms. The third kappa shape index (κ3) is 3.22. The molecule has 0 aliphatic heterocycles. The molecule has 1 amide bonds. The summed E-state index contributed by atoms with van der Waals surface area (Å²) >= 11 is 7.64. The molecule has 3 N–H and O–H groups in total. The molecule has 0 atom stereocenters. The highest BCUT2D eigenvalue weighted by molar-refractivity contribution is 7.98. The van der Waals surface area contributed by atoms with Gasteiger partial charge in [-0.15, -0.1) is 16.9 Å². The van der Waals surface area contributed by atoms with E-state index in [1.807, 2.05) is 30.5 Å². The Kier molecular flexibility index (Phi) is 4.73. The largest absolute Gasteiger partial charge is 0.382 e. The van der Waals surface area contributed by atoms with E-state index in [-0.39, 0.29) is 11.5 Å². The fraction of sp³-hybridized carbons (Fsp3) is 0.0625. The van der Waals surface area contributed by atoms with Crippen LogP contribution in [0.25, 0.3) is 5.69 Å². The van der Waals surface area contributed by atoms with Gasteiger partial charge in [-0.1, -0.05) is 35.0 Å². The number of amides is 1. The van der Waals surface area contributed by atoms with Gasteiger partial charge in [-0.3, -0.25) is 4.79 Å². The molecule has 0 fully saturated rings. The summed E-state index contributed by atoms with van der Waals surface area (Å²) in [6.07, 6.45) is 1.98. The van der Waals surface area contributed by atoms with Crippen LogP contribution in [-0.2, 0) is 0 Å². The van der Waals surface area contributed by atoms with E-state index < -0.39 is 5.91 Å². The maximum absolute atomic E-state index is 12.4. The normalized spacial score (nSPS) is 10.6. The molecule has 1 heterocycles. The van der Waals surface area contributed by atoms with Gasteiger partial charge in [-0.05, 0) is 36.6 Å². The van der Waals surface area contributed by atoms with E-state index in [9.17, 15) is 4.79 Å². The SMILES string of the molecule is CSc1cccc(-n2nnc(C(=O)Nc3ccccc3Cl)c2N)c1. The lowest BCUT2D eigenvalue weighted by molar-refractivity contribution is 0.102. The van der Waals surface area contributed by atoms with Gasteiger partial charge < -0.3 is 11.1 Å². The molecule has 6 nitrogen and oxygen atoms in total. The number of nitrogen functional groups attached to an aromatic ring is 1. The zero-order valence-corrected chi connectivity index (χ0v) is 14.3. The topological polar surface area (TPSA) is 85.8 Å². The molecular formula is C16H14ClN5OS. The van der Waals surface area contributed by atoms with Gasteiger partial charge in [0, 0.05) is 4.90 Å². The number of para-hydroxylation sites is 1. The third-order valence-electron chi connectivity index (χ3n) is 3.34. The predicted octanol–water partition coefficient (Wildman–Crippen LogP) is 3.48. The van der Waals surface area contributed by atoms with Crippen LogP contribution in [-0.4, -0.2) is 27.2 Å². The van der Waals surface area contributed by atoms with Gasteiger partial charge in [0.2, 0.25) is 0 Å². The summed E-state index contributed by atoms with van der Waals surface area (Å²) in [5, 5.41) is 11.0. The van der Waals surface area contributed by atoms with Gasteiger partial charge in [0.1, 0.15) is 0 Å². The van der Waals surface area contributed by atoms with Gasteiger partial charge in [0.15, 0.2) is 11.5 Å². The van der Waals surface area contributed by atoms with Crippen molar-refractivity contribution in [2.45, 2.75) is 4.90 Å². The van der Waals surface area contributed by atoms with Gasteiger partial charge in [-0.2, -0.15) is 4.68 Å². The number of carbonyl (C=O) groups is 1. The average Bonchev–Trinajstić information content (AvgIpc) is 2.98. The number of thioether (sulfide) groups is 1. The van der Waals surface area contributed by atoms with Crippen LogP contribution in [0.2, 0.25) is 5.02 Å². The molecule has 0 aliphatic rings. The molecule has 0 saturated heterocycles. The minimum Gasteiger partial charge on any atom is -0.382 e. The van der Waals surface area contributed by atoms with Crippen molar-refractivity contribution < 1.29 is 4.79 Å². The zero-order valence-electron chi connectivity index (χ0n) is 12.7. The molecular weight excluding hydrogens is 346 g/mol. The first kappa shape index (κ1) is 16.4. The van der Waals surface area contributed by atoms with Crippen molar-refractivity contribution in [2.24, 2.45) is 0 Å². The summed E-state index contributed by atoms with van der Waals surface area (Å²) < 4.78 is 1.43. The fourth-order valence-electron chi connectivity index (χ4n) is 2.13. The lowest BCUT2D eigenvalue weighted by Gasteiger charge is -2.06. The number of halogens is 1. The number of nitrogens with two attached hydrogens (primary N) is 1. The number of carbonyl (C=O) groups excluding carboxylic acids is 1. The first-order chi connectivity index (χ1) is 11.6. The number of nitrogens with zero attached hydrogens (tertiary/aromatic N) is 3. The lowest BCUT2D eigenvalue weighted by Crippen LogP contribution is -2.15. The van der Waals surface area contributed by atoms with Crippen LogP contribution in [0.3, 0.4) is 0 Å². The van der Waals surface area contributed by atoms with E-state index in [2.05, 4.69) is 15.6 Å². The van der Waals surface area contributed by atoms with Crippen LogP contribution in [0, 0.1) is 0 Å². The molecule has 24 heavy (non-hydrogen) atoms. The van der Waals surface area contributed by atoms with Crippen molar-refractivity contribution in [2.75, 3.05) is 17.3 Å². The molecule has 0 radical (unpaired) electrons. The Bertz CT molecular complexity index is 896. The standard InChI is InChI=1S/C16H14ClN5OS/c1-24-11-6-4-5-10(9-11)22-15(18)14(20-21-22)16(23)19-13-8-3-2-7-12(13)17/h2-9H,18H2,1H3,(H,19,23). The van der Waals surface area contributed by atoms with E-state index >= 15 is 0 Å². The number of nitrogens with one attached hydrogen (secondary N) is 1. The van der Waals surface area contributed by atoms with Crippen LogP contribution in [0.1, 0.15) is 10.5 Å². The first-order valence-corrected chi connectivity index (χ1v) is 8.62. The van der Waals surface area contributed by atoms with Crippen molar-refractivity contribution in [1.29, 1.82) is 0 Å². The highest BCUT2D eigenvalue weighted by atomic mass is 35.5. The molecule has 0 aliphatic carbocycles. The number of anilines is 2. The summed E-state index contributed by atoms with van der Waals surface area (Å²) in [5.41, 5.74) is 7.33. The Morgan fingerprint density at radius 3 is 2.79 bits per heavy atom. The van der Waals surface area contributed by atoms with E-state index in [0.29, 0.717) is 10.7 Å². The van der Waals surface area contributed by atoms with Crippen LogP contribution in [0.5, 0.6) is 0 Å². The monoisotopic (exact) mass is 359 g/mol. The van der Waals surface area contributed by atoms with Crippen molar-refractivity contribution in [3.63, 3.8) is 0 Å². The van der Waals surface area contributed by atoms with Crippen molar-refractivity contribution in [3.8, 4) is 5.69 Å². The zero-order chi connectivity index (χ0) is 17.1. The van der Waals surface area contributed by atoms with Crippen LogP contribution >= 0.6 is 23.4 Å². The summed E-state index contributed by atoms with van der Waals surface area (Å²) in [6.45, 7) is 0. The molecule has 3 aromatic rings. The van der Waals surface area contributed by atoms with Crippen molar-refractivity contribution in [3.05, 3.63) is 59.2 Å². The number of hydrogen-bond acceptors (Lipinski definition) is 5. The quantitative estimate of drug-likeness (QED) is 0.696. The highest BCUT2D eigenvalue weighted by Crippen LogP contribution is 2.23. The van der Waals surface area contributed by atoms with Crippen LogP contribution in [0.15, 0.2) is 53.4 Å². The first-order valence-electron chi connectivity index (χ1n) is 7.01. The summed E-state index contributed by atoms with van der Waals surface area (Å²) in [6, 6.07) is 14.6. The summed E-state index contributed by atoms with van der Waals surface area (Å²) in [4.78, 5) is 13.4. The van der Waals surface area contributed by atoms with E-state index in [1.165, 1.54) is 4.68 Å². The number of rotatable bonds is 4. The molecule has 3 rings (SSSR count). The van der Waals surface area contributed by atoms with Crippen LogP contribution < -0.4 is 11.1 Å². The second-order valence-corrected chi connectivity index (χ2v) is 6.16. The molecule has 8 heteroatoms. The van der Waals surface area contributed by atoms with E-state index in [0.717, 1.165) is 10.6 Å². The van der Waals surface area contributed by atoms with Gasteiger partial charge in [0.05, 0.1) is 16.4 Å². The fourth-order valence-corrected chi connectivity index (χ4v) is 2.76. The maximum atomic E-state index is 12.4. The number of hydrogen-bond donors (Lipinski definition) is 2. The smallest absolute Gasteiger partial charge is 0.280 e. The van der Waals surface area contributed by atoms with Gasteiger partial charge >= 0.3 is 0 Å². The average molecular weight is 360 g/mol. The molecule has 0 unspecified atom stereocenters. The molecule has 1 aromatic heterocycles. The maximum Gasteiger partial charge on any atom is 0.280 e. The van der Waals surface area contributed by atoms with E-state index in [1.54, 1.807) is 36.0 Å². The van der Waals surface area contributed by atoms with Gasteiger partial charge in [0.25, 0.3) is 5.91 Å². The third-order valence-corrected chi connectivity index (χ3v) is 4.39. The highest BCUT2D eigenvalue weighted by Gasteiger charge is 2.19. The van der Waals surface area contributed by atoms with Crippen molar-refractivity contribution >= 4 is 40.8 Å². The lowest BCUT2D eigenvalue weighted by atomic mass is 10.3. The Morgan fingerprint density at radius 1 is 1.25 bits per heavy atom. The summed E-state index contributed by atoms with van der Waals surface area (Å²) in [7, 11) is 0. The van der Waals surface area contributed by atoms with E-state index in [4.69, 9.17) is 17.3 Å². The Morgan fingerprint density at radius 2 is 2.04 bits per heavy atom. The predicted molar refractivity (Wildman–Crippen MR) is 97.0 cm³/mol. The summed E-state index contributed by atoms with van der Waals surface area (Å²) in [5.74, 6) is -0.300. The molecule has 122 valence electrons. The van der Waals surface area contributed by atoms with Gasteiger partial charge in [-0.25, -0.2) is 0 Å². The minimum absolute atomic E-state index is 0.0458. The van der Waals surface area contributed by atoms with Crippen molar-refractivity contribution in [1.82, 2.24) is 15.0 Å². The number of benzene rings is 2. The Hall–Kier alpha value is -2.51. The minimum atomic E-state index is -0.465. The second-order valence-electron chi connectivity index (χ2n) is 4.87.